The molecule has 1 aromatic rings. The molecule has 1 aromatic carbocycles. The third kappa shape index (κ3) is 1.31. The zero-order valence-electron chi connectivity index (χ0n) is 11.5. The summed E-state index contributed by atoms with van der Waals surface area (Å²) >= 11 is 0. The first kappa shape index (κ1) is 12.5. The number of aromatic hydroxyl groups is 1. The molecule has 19 heavy (non-hydrogen) atoms. The second kappa shape index (κ2) is 3.76. The molecule has 2 aliphatic carbocycles. The molecule has 2 unspecified atom stereocenters. The van der Waals surface area contributed by atoms with Crippen molar-refractivity contribution in [2.24, 2.45) is 0 Å². The van der Waals surface area contributed by atoms with Crippen LogP contribution in [-0.4, -0.2) is 22.9 Å². The predicted molar refractivity (Wildman–Crippen MR) is 73.6 cm³/mol. The molecule has 0 saturated heterocycles. The van der Waals surface area contributed by atoms with Crippen LogP contribution in [0, 0.1) is 6.92 Å². The Morgan fingerprint density at radius 3 is 2.58 bits per heavy atom. The Morgan fingerprint density at radius 2 is 1.95 bits per heavy atom. The molecule has 3 nitrogen and oxygen atoms in total. The fraction of sp³-hybridized carbons (Fsp3) is 0.500. The standard InChI is InChI=1S/C16H20O3/c1-10-6-7-12(17)14(19-3)13(10)15-8-4-5-9-16(15,18)11(15)2/h6-7,17-18H,2,4-5,8-9H2,1,3H3. The van der Waals surface area contributed by atoms with Gasteiger partial charge in [0.2, 0.25) is 0 Å². The highest BCUT2D eigenvalue weighted by molar-refractivity contribution is 5.68. The highest BCUT2D eigenvalue weighted by Crippen LogP contribution is 2.71. The Kier molecular flexibility index (Phi) is 2.49. The lowest BCUT2D eigenvalue weighted by molar-refractivity contribution is 0.0933. The van der Waals surface area contributed by atoms with Gasteiger partial charge in [-0.25, -0.2) is 0 Å². The predicted octanol–water partition coefficient (Wildman–Crippen LogP) is 2.82. The van der Waals surface area contributed by atoms with E-state index in [2.05, 4.69) is 6.58 Å². The van der Waals surface area contributed by atoms with Crippen LogP contribution in [0.25, 0.3) is 0 Å². The number of phenolic OH excluding ortho intramolecular Hbond substituents is 1. The molecule has 0 bridgehead atoms. The molecule has 2 N–H and O–H groups in total. The number of benzene rings is 1. The second-order valence-electron chi connectivity index (χ2n) is 5.76. The monoisotopic (exact) mass is 260 g/mol. The van der Waals surface area contributed by atoms with Crippen LogP contribution in [0.3, 0.4) is 0 Å². The Hall–Kier alpha value is -1.48. The lowest BCUT2D eigenvalue weighted by Crippen LogP contribution is -2.28. The van der Waals surface area contributed by atoms with Crippen LogP contribution < -0.4 is 4.74 Å². The summed E-state index contributed by atoms with van der Waals surface area (Å²) in [6, 6.07) is 3.52. The van der Waals surface area contributed by atoms with Gasteiger partial charge in [-0.15, -0.1) is 0 Å². The lowest BCUT2D eigenvalue weighted by atomic mass is 9.78. The molecule has 2 atom stereocenters. The number of hydrogen-bond donors (Lipinski definition) is 2. The van der Waals surface area contributed by atoms with Gasteiger partial charge in [-0.05, 0) is 37.0 Å². The van der Waals surface area contributed by atoms with Crippen molar-refractivity contribution in [2.45, 2.75) is 43.6 Å². The van der Waals surface area contributed by atoms with Crippen molar-refractivity contribution in [3.05, 3.63) is 35.4 Å². The number of hydrogen-bond acceptors (Lipinski definition) is 3. The number of rotatable bonds is 2. The van der Waals surface area contributed by atoms with Crippen LogP contribution in [-0.2, 0) is 5.41 Å². The van der Waals surface area contributed by atoms with Crippen LogP contribution >= 0.6 is 0 Å². The van der Waals surface area contributed by atoms with Crippen LogP contribution in [0.4, 0.5) is 0 Å². The molecule has 2 fully saturated rings. The summed E-state index contributed by atoms with van der Waals surface area (Å²) in [4.78, 5) is 0. The van der Waals surface area contributed by atoms with Crippen LogP contribution in [0.15, 0.2) is 24.3 Å². The average Bonchev–Trinajstić information content (AvgIpc) is 2.90. The Morgan fingerprint density at radius 1 is 1.26 bits per heavy atom. The van der Waals surface area contributed by atoms with E-state index >= 15 is 0 Å². The summed E-state index contributed by atoms with van der Waals surface area (Å²) in [5.41, 5.74) is 1.61. The average molecular weight is 260 g/mol. The normalized spacial score (nSPS) is 32.9. The molecule has 0 aromatic heterocycles. The van der Waals surface area contributed by atoms with E-state index in [1.165, 1.54) is 0 Å². The molecule has 3 heteroatoms. The Labute approximate surface area is 113 Å². The van der Waals surface area contributed by atoms with Crippen molar-refractivity contribution in [3.8, 4) is 11.5 Å². The van der Waals surface area contributed by atoms with E-state index in [0.29, 0.717) is 5.75 Å². The van der Waals surface area contributed by atoms with Crippen molar-refractivity contribution in [1.29, 1.82) is 0 Å². The van der Waals surface area contributed by atoms with Crippen molar-refractivity contribution >= 4 is 0 Å². The van der Waals surface area contributed by atoms with Gasteiger partial charge in [0.15, 0.2) is 11.5 Å². The van der Waals surface area contributed by atoms with Crippen molar-refractivity contribution in [3.63, 3.8) is 0 Å². The summed E-state index contributed by atoms with van der Waals surface area (Å²) in [6.07, 6.45) is 3.73. The lowest BCUT2D eigenvalue weighted by Gasteiger charge is -2.29. The molecular formula is C16H20O3. The van der Waals surface area contributed by atoms with E-state index in [0.717, 1.165) is 42.4 Å². The SMILES string of the molecule is C=C1C2(O)CCCCC12c1c(C)ccc(O)c1OC. The van der Waals surface area contributed by atoms with Crippen molar-refractivity contribution in [1.82, 2.24) is 0 Å². The number of methoxy groups -OCH3 is 1. The van der Waals surface area contributed by atoms with Gasteiger partial charge in [0.1, 0.15) is 0 Å². The molecule has 0 radical (unpaired) electrons. The number of phenols is 1. The van der Waals surface area contributed by atoms with Gasteiger partial charge in [0.25, 0.3) is 0 Å². The van der Waals surface area contributed by atoms with E-state index in [4.69, 9.17) is 4.74 Å². The first-order valence-electron chi connectivity index (χ1n) is 6.78. The topological polar surface area (TPSA) is 49.7 Å². The zero-order chi connectivity index (χ0) is 13.8. The maximum Gasteiger partial charge on any atom is 0.164 e. The highest BCUT2D eigenvalue weighted by atomic mass is 16.5. The quantitative estimate of drug-likeness (QED) is 0.804. The highest BCUT2D eigenvalue weighted by Gasteiger charge is 2.73. The number of fused-ring (bicyclic) bond motifs is 1. The molecule has 0 aliphatic heterocycles. The fourth-order valence-corrected chi connectivity index (χ4v) is 3.96. The molecule has 2 saturated carbocycles. The molecule has 0 heterocycles. The summed E-state index contributed by atoms with van der Waals surface area (Å²) in [6.45, 7) is 6.08. The molecular weight excluding hydrogens is 240 g/mol. The van der Waals surface area contributed by atoms with Crippen molar-refractivity contribution in [2.75, 3.05) is 7.11 Å². The molecule has 2 aliphatic rings. The smallest absolute Gasteiger partial charge is 0.164 e. The maximum atomic E-state index is 10.8. The Balaban J connectivity index is 2.23. The van der Waals surface area contributed by atoms with Gasteiger partial charge in [-0.3, -0.25) is 0 Å². The minimum atomic E-state index is -0.808. The largest absolute Gasteiger partial charge is 0.504 e. The van der Waals surface area contributed by atoms with Gasteiger partial charge in [0, 0.05) is 5.56 Å². The number of aryl methyl sites for hydroxylation is 1. The summed E-state index contributed by atoms with van der Waals surface area (Å²) in [5, 5.41) is 20.8. The fourth-order valence-electron chi connectivity index (χ4n) is 3.96. The van der Waals surface area contributed by atoms with E-state index in [1.54, 1.807) is 13.2 Å². The van der Waals surface area contributed by atoms with Crippen LogP contribution in [0.1, 0.15) is 36.8 Å². The third-order valence-electron chi connectivity index (χ3n) is 4.97. The molecule has 102 valence electrons. The minimum Gasteiger partial charge on any atom is -0.504 e. The number of ether oxygens (including phenoxy) is 1. The van der Waals surface area contributed by atoms with Gasteiger partial charge in [-0.1, -0.05) is 25.5 Å². The van der Waals surface area contributed by atoms with Crippen molar-refractivity contribution < 1.29 is 14.9 Å². The van der Waals surface area contributed by atoms with Gasteiger partial charge >= 0.3 is 0 Å². The Bertz CT molecular complexity index is 563. The molecule has 3 rings (SSSR count). The maximum absolute atomic E-state index is 10.8. The minimum absolute atomic E-state index is 0.130. The first-order valence-corrected chi connectivity index (χ1v) is 6.78. The van der Waals surface area contributed by atoms with E-state index in [9.17, 15) is 10.2 Å². The van der Waals surface area contributed by atoms with E-state index < -0.39 is 11.0 Å². The molecule has 0 amide bonds. The first-order chi connectivity index (χ1) is 8.99. The van der Waals surface area contributed by atoms with Gasteiger partial charge in [-0.2, -0.15) is 0 Å². The molecule has 0 spiro atoms. The summed E-state index contributed by atoms with van der Waals surface area (Å²) < 4.78 is 5.39. The van der Waals surface area contributed by atoms with Crippen LogP contribution in [0.5, 0.6) is 11.5 Å². The van der Waals surface area contributed by atoms with Crippen LogP contribution in [0.2, 0.25) is 0 Å². The van der Waals surface area contributed by atoms with E-state index in [-0.39, 0.29) is 5.75 Å². The number of aliphatic hydroxyl groups is 1. The zero-order valence-corrected chi connectivity index (χ0v) is 11.5. The summed E-state index contributed by atoms with van der Waals surface area (Å²) in [7, 11) is 1.56. The van der Waals surface area contributed by atoms with E-state index in [1.807, 2.05) is 13.0 Å². The van der Waals surface area contributed by atoms with Gasteiger partial charge < -0.3 is 14.9 Å². The third-order valence-corrected chi connectivity index (χ3v) is 4.97. The summed E-state index contributed by atoms with van der Waals surface area (Å²) in [5.74, 6) is 0.615. The van der Waals surface area contributed by atoms with Gasteiger partial charge in [0.05, 0.1) is 18.1 Å². The second-order valence-corrected chi connectivity index (χ2v) is 5.76.